The molecule has 1 atom stereocenters. The highest BCUT2D eigenvalue weighted by Gasteiger charge is 2.37. The minimum Gasteiger partial charge on any atom is -0.303 e. The molecular weight excluding hydrogens is 342 g/mol. The first-order valence-corrected chi connectivity index (χ1v) is 10.5. The van der Waals surface area contributed by atoms with Gasteiger partial charge in [0, 0.05) is 17.5 Å². The fourth-order valence-corrected chi connectivity index (χ4v) is 4.25. The third-order valence-corrected chi connectivity index (χ3v) is 6.29. The van der Waals surface area contributed by atoms with Crippen molar-refractivity contribution in [1.29, 1.82) is 0 Å². The summed E-state index contributed by atoms with van der Waals surface area (Å²) < 4.78 is 2.31. The number of hydrogen-bond acceptors (Lipinski definition) is 4. The van der Waals surface area contributed by atoms with Gasteiger partial charge in [-0.05, 0) is 43.6 Å². The van der Waals surface area contributed by atoms with Crippen molar-refractivity contribution in [3.63, 3.8) is 0 Å². The number of carbonyl (C=O) groups is 1. The van der Waals surface area contributed by atoms with Crippen molar-refractivity contribution in [3.8, 4) is 0 Å². The first-order valence-electron chi connectivity index (χ1n) is 9.61. The lowest BCUT2D eigenvalue weighted by Gasteiger charge is -2.19. The van der Waals surface area contributed by atoms with E-state index in [0.717, 1.165) is 16.5 Å². The SMILES string of the molecule is CC(Sc1nnc(C2CC2)n1C1CC1)C(=O)c1ccc(C(C)(C)C)cc1. The Hall–Kier alpha value is -1.62. The molecular formula is C21H27N3OS. The highest BCUT2D eigenvalue weighted by atomic mass is 32.2. The van der Waals surface area contributed by atoms with Gasteiger partial charge in [-0.15, -0.1) is 10.2 Å². The van der Waals surface area contributed by atoms with Gasteiger partial charge in [-0.3, -0.25) is 4.79 Å². The number of Topliss-reactive ketones (excluding diaryl/α,β-unsaturated/α-hetero) is 1. The Morgan fingerprint density at radius 3 is 2.31 bits per heavy atom. The molecule has 2 aliphatic carbocycles. The van der Waals surface area contributed by atoms with E-state index in [1.165, 1.54) is 31.2 Å². The monoisotopic (exact) mass is 369 g/mol. The number of carbonyl (C=O) groups excluding carboxylic acids is 1. The Morgan fingerprint density at radius 2 is 1.77 bits per heavy atom. The van der Waals surface area contributed by atoms with Gasteiger partial charge >= 0.3 is 0 Å². The van der Waals surface area contributed by atoms with Gasteiger partial charge in [0.15, 0.2) is 10.9 Å². The van der Waals surface area contributed by atoms with E-state index in [4.69, 9.17) is 0 Å². The summed E-state index contributed by atoms with van der Waals surface area (Å²) in [5.41, 5.74) is 2.12. The van der Waals surface area contributed by atoms with Gasteiger partial charge in [-0.25, -0.2) is 0 Å². The Labute approximate surface area is 159 Å². The molecule has 0 saturated heterocycles. The second-order valence-corrected chi connectivity index (χ2v) is 9.98. The molecule has 0 bridgehead atoms. The van der Waals surface area contributed by atoms with Crippen molar-refractivity contribution in [2.45, 2.75) is 81.2 Å². The lowest BCUT2D eigenvalue weighted by Crippen LogP contribution is -2.16. The lowest BCUT2D eigenvalue weighted by molar-refractivity contribution is 0.0993. The average molecular weight is 370 g/mol. The summed E-state index contributed by atoms with van der Waals surface area (Å²) in [6.45, 7) is 8.53. The van der Waals surface area contributed by atoms with Crippen LogP contribution in [-0.4, -0.2) is 25.8 Å². The maximum Gasteiger partial charge on any atom is 0.192 e. The molecule has 0 aliphatic heterocycles. The van der Waals surface area contributed by atoms with Crippen molar-refractivity contribution < 1.29 is 4.79 Å². The van der Waals surface area contributed by atoms with Crippen LogP contribution in [0.25, 0.3) is 0 Å². The summed E-state index contributed by atoms with van der Waals surface area (Å²) in [5.74, 6) is 1.89. The number of ketones is 1. The van der Waals surface area contributed by atoms with Gasteiger partial charge in [0.25, 0.3) is 0 Å². The fourth-order valence-electron chi connectivity index (χ4n) is 3.25. The second kappa shape index (κ2) is 6.52. The van der Waals surface area contributed by atoms with E-state index in [1.807, 2.05) is 19.1 Å². The number of rotatable bonds is 6. The molecule has 0 N–H and O–H groups in total. The van der Waals surface area contributed by atoms with Crippen molar-refractivity contribution in [2.24, 2.45) is 0 Å². The van der Waals surface area contributed by atoms with E-state index in [2.05, 4.69) is 47.7 Å². The highest BCUT2D eigenvalue weighted by Crippen LogP contribution is 2.46. The van der Waals surface area contributed by atoms with Crippen LogP contribution in [0.5, 0.6) is 0 Å². The van der Waals surface area contributed by atoms with Gasteiger partial charge in [-0.1, -0.05) is 56.8 Å². The molecule has 5 heteroatoms. The molecule has 0 amide bonds. The number of thioether (sulfide) groups is 1. The third kappa shape index (κ3) is 3.59. The zero-order valence-electron chi connectivity index (χ0n) is 16.0. The highest BCUT2D eigenvalue weighted by molar-refractivity contribution is 8.00. The normalized spacial score (nSPS) is 18.8. The van der Waals surface area contributed by atoms with E-state index < -0.39 is 0 Å². The number of nitrogens with zero attached hydrogens (tertiary/aromatic N) is 3. The topological polar surface area (TPSA) is 47.8 Å². The van der Waals surface area contributed by atoms with E-state index in [9.17, 15) is 4.79 Å². The molecule has 0 radical (unpaired) electrons. The first-order chi connectivity index (χ1) is 12.3. The molecule has 2 aliphatic rings. The molecule has 1 aromatic heterocycles. The Balaban J connectivity index is 1.50. The van der Waals surface area contributed by atoms with Crippen LogP contribution in [0.4, 0.5) is 0 Å². The average Bonchev–Trinajstić information content (AvgIpc) is 3.52. The van der Waals surface area contributed by atoms with E-state index >= 15 is 0 Å². The van der Waals surface area contributed by atoms with Crippen LogP contribution in [0.3, 0.4) is 0 Å². The molecule has 1 aromatic carbocycles. The number of aromatic nitrogens is 3. The van der Waals surface area contributed by atoms with Gasteiger partial charge in [0.2, 0.25) is 0 Å². The standard InChI is InChI=1S/C21H27N3OS/c1-13(18(25)14-7-9-16(10-8-14)21(2,3)4)26-20-23-22-19(15-5-6-15)24(20)17-11-12-17/h7-10,13,15,17H,5-6,11-12H2,1-4H3. The molecule has 2 aromatic rings. The minimum atomic E-state index is -0.163. The van der Waals surface area contributed by atoms with Gasteiger partial charge < -0.3 is 4.57 Å². The van der Waals surface area contributed by atoms with Crippen LogP contribution in [0, 0.1) is 0 Å². The summed E-state index contributed by atoms with van der Waals surface area (Å²) in [5, 5.41) is 9.62. The molecule has 4 rings (SSSR count). The van der Waals surface area contributed by atoms with E-state index in [-0.39, 0.29) is 16.4 Å². The molecule has 1 unspecified atom stereocenters. The molecule has 4 nitrogen and oxygen atoms in total. The zero-order chi connectivity index (χ0) is 18.5. The summed E-state index contributed by atoms with van der Waals surface area (Å²) in [4.78, 5) is 12.9. The molecule has 1 heterocycles. The molecule has 26 heavy (non-hydrogen) atoms. The van der Waals surface area contributed by atoms with Crippen LogP contribution in [0.2, 0.25) is 0 Å². The minimum absolute atomic E-state index is 0.0990. The zero-order valence-corrected chi connectivity index (χ0v) is 16.8. The molecule has 0 spiro atoms. The van der Waals surface area contributed by atoms with Crippen LogP contribution < -0.4 is 0 Å². The van der Waals surface area contributed by atoms with Gasteiger partial charge in [0.1, 0.15) is 5.82 Å². The molecule has 2 saturated carbocycles. The van der Waals surface area contributed by atoms with Crippen LogP contribution in [0.1, 0.15) is 87.1 Å². The second-order valence-electron chi connectivity index (χ2n) is 8.67. The van der Waals surface area contributed by atoms with Crippen molar-refractivity contribution >= 4 is 17.5 Å². The summed E-state index contributed by atoms with van der Waals surface area (Å²) in [6.07, 6.45) is 4.87. The first kappa shape index (κ1) is 17.8. The van der Waals surface area contributed by atoms with Crippen LogP contribution in [-0.2, 0) is 5.41 Å². The number of hydrogen-bond donors (Lipinski definition) is 0. The van der Waals surface area contributed by atoms with Crippen molar-refractivity contribution in [2.75, 3.05) is 0 Å². The molecule has 2 fully saturated rings. The van der Waals surface area contributed by atoms with E-state index in [0.29, 0.717) is 12.0 Å². The number of benzene rings is 1. The van der Waals surface area contributed by atoms with Gasteiger partial charge in [-0.2, -0.15) is 0 Å². The Morgan fingerprint density at radius 1 is 1.12 bits per heavy atom. The predicted octanol–water partition coefficient (Wildman–Crippen LogP) is 5.15. The largest absolute Gasteiger partial charge is 0.303 e. The summed E-state index contributed by atoms with van der Waals surface area (Å²) in [6, 6.07) is 8.62. The Bertz CT molecular complexity index is 811. The summed E-state index contributed by atoms with van der Waals surface area (Å²) >= 11 is 1.56. The van der Waals surface area contributed by atoms with Crippen molar-refractivity contribution in [3.05, 3.63) is 41.2 Å². The Kier molecular flexibility index (Phi) is 4.46. The van der Waals surface area contributed by atoms with Gasteiger partial charge in [0.05, 0.1) is 5.25 Å². The smallest absolute Gasteiger partial charge is 0.192 e. The van der Waals surface area contributed by atoms with E-state index in [1.54, 1.807) is 11.8 Å². The quantitative estimate of drug-likeness (QED) is 0.522. The maximum atomic E-state index is 12.9. The molecule has 138 valence electrons. The summed E-state index contributed by atoms with van der Waals surface area (Å²) in [7, 11) is 0. The van der Waals surface area contributed by atoms with Crippen LogP contribution in [0.15, 0.2) is 29.4 Å². The van der Waals surface area contributed by atoms with Crippen LogP contribution >= 0.6 is 11.8 Å². The third-order valence-electron chi connectivity index (χ3n) is 5.23. The van der Waals surface area contributed by atoms with Crippen molar-refractivity contribution in [1.82, 2.24) is 14.8 Å². The predicted molar refractivity (Wildman–Crippen MR) is 105 cm³/mol. The lowest BCUT2D eigenvalue weighted by atomic mass is 9.86. The maximum absolute atomic E-state index is 12.9. The fraction of sp³-hybridized carbons (Fsp3) is 0.571.